The maximum Gasteiger partial charge on any atom is 0.537 e. The van der Waals surface area contributed by atoms with Crippen LogP contribution in [-0.4, -0.2) is 32.7 Å². The van der Waals surface area contributed by atoms with Crippen molar-refractivity contribution in [1.82, 2.24) is 4.37 Å². The molecule has 88 valence electrons. The lowest BCUT2D eigenvalue weighted by Gasteiger charge is -1.98. The van der Waals surface area contributed by atoms with Crippen LogP contribution in [0.5, 0.6) is 0 Å². The number of carboxylic acid groups (broad SMARTS) is 2. The molecule has 16 heavy (non-hydrogen) atoms. The van der Waals surface area contributed by atoms with E-state index in [1.54, 1.807) is 0 Å². The van der Waals surface area contributed by atoms with Gasteiger partial charge in [-0.3, -0.25) is 14.1 Å². The van der Waals surface area contributed by atoms with Gasteiger partial charge in [0, 0.05) is 0 Å². The van der Waals surface area contributed by atoms with Gasteiger partial charge in [-0.2, -0.15) is 4.89 Å². The van der Waals surface area contributed by atoms with Gasteiger partial charge in [0.25, 0.3) is 5.56 Å². The molecule has 1 rings (SSSR count). The van der Waals surface area contributed by atoms with Crippen LogP contribution in [0.15, 0.2) is 9.00 Å². The first kappa shape index (κ1) is 12.5. The quantitative estimate of drug-likeness (QED) is 0.235. The van der Waals surface area contributed by atoms with Gasteiger partial charge in [-0.15, -0.1) is 0 Å². The van der Waals surface area contributed by atoms with E-state index in [2.05, 4.69) is 14.1 Å². The molecule has 0 amide bonds. The Morgan fingerprint density at radius 2 is 2.12 bits per heavy atom. The van der Waals surface area contributed by atoms with Crippen molar-refractivity contribution < 1.29 is 29.6 Å². The zero-order valence-electron chi connectivity index (χ0n) is 7.46. The number of hydrogen-bond acceptors (Lipinski definition) is 7. The van der Waals surface area contributed by atoms with E-state index in [0.29, 0.717) is 0 Å². The van der Waals surface area contributed by atoms with Crippen molar-refractivity contribution in [3.05, 3.63) is 15.9 Å². The molecule has 0 atom stereocenters. The highest BCUT2D eigenvalue weighted by atomic mass is 32.2. The summed E-state index contributed by atoms with van der Waals surface area (Å²) in [4.78, 5) is 39.5. The molecule has 0 aromatic carbocycles. The molecule has 10 heteroatoms. The van der Waals surface area contributed by atoms with Gasteiger partial charge in [-0.25, -0.2) is 9.59 Å². The molecule has 0 saturated carbocycles. The van der Waals surface area contributed by atoms with Crippen LogP contribution >= 0.6 is 23.3 Å². The van der Waals surface area contributed by atoms with Gasteiger partial charge >= 0.3 is 12.1 Å². The molecule has 8 nitrogen and oxygen atoms in total. The first-order chi connectivity index (χ1) is 7.52. The van der Waals surface area contributed by atoms with E-state index in [-0.39, 0.29) is 10.1 Å². The Labute approximate surface area is 95.9 Å². The highest BCUT2D eigenvalue weighted by Crippen LogP contribution is 2.24. The van der Waals surface area contributed by atoms with Crippen molar-refractivity contribution in [3.8, 4) is 0 Å². The summed E-state index contributed by atoms with van der Waals surface area (Å²) >= 11 is 1.66. The summed E-state index contributed by atoms with van der Waals surface area (Å²) in [6, 6.07) is 0. The van der Waals surface area contributed by atoms with E-state index in [1.165, 1.54) is 0 Å². The number of carboxylic acids is 1. The third-order valence-corrected chi connectivity index (χ3v) is 3.21. The minimum atomic E-state index is -1.61. The second kappa shape index (κ2) is 5.53. The zero-order chi connectivity index (χ0) is 12.1. The SMILES string of the molecule is O=C(O)OOCSc1s[nH]c(=O)c1C(=O)O. The molecule has 1 heterocycles. The summed E-state index contributed by atoms with van der Waals surface area (Å²) < 4.78 is 2.43. The lowest BCUT2D eigenvalue weighted by atomic mass is 10.4. The number of aromatic nitrogens is 1. The molecule has 1 aromatic rings. The standard InChI is InChI=1S/C6H5NO7S2/c8-3-2(4(9)10)5(16-7-3)15-1-13-14-6(11)12/h1H2,(H,7,8)(H,9,10)(H,11,12). The highest BCUT2D eigenvalue weighted by Gasteiger charge is 2.18. The Bertz CT molecular complexity index is 450. The predicted octanol–water partition coefficient (Wildman–Crippen LogP) is 0.810. The van der Waals surface area contributed by atoms with E-state index in [4.69, 9.17) is 10.2 Å². The fraction of sp³-hybridized carbons (Fsp3) is 0.167. The van der Waals surface area contributed by atoms with E-state index < -0.39 is 23.2 Å². The van der Waals surface area contributed by atoms with Crippen LogP contribution in [0.3, 0.4) is 0 Å². The van der Waals surface area contributed by atoms with Gasteiger partial charge < -0.3 is 10.2 Å². The zero-order valence-corrected chi connectivity index (χ0v) is 9.09. The van der Waals surface area contributed by atoms with E-state index in [0.717, 1.165) is 23.3 Å². The van der Waals surface area contributed by atoms with Crippen LogP contribution in [0.4, 0.5) is 4.79 Å². The third kappa shape index (κ3) is 3.25. The van der Waals surface area contributed by atoms with Gasteiger partial charge in [0.2, 0.25) is 0 Å². The van der Waals surface area contributed by atoms with Crippen molar-refractivity contribution in [2.45, 2.75) is 4.21 Å². The molecule has 0 aliphatic carbocycles. The van der Waals surface area contributed by atoms with E-state index in [1.807, 2.05) is 0 Å². The number of rotatable bonds is 5. The van der Waals surface area contributed by atoms with Crippen LogP contribution in [0, 0.1) is 0 Å². The number of nitrogens with one attached hydrogen (secondary N) is 1. The molecular formula is C6H5NO7S2. The van der Waals surface area contributed by atoms with E-state index >= 15 is 0 Å². The smallest absolute Gasteiger partial charge is 0.477 e. The number of hydrogen-bond donors (Lipinski definition) is 3. The molecule has 3 N–H and O–H groups in total. The van der Waals surface area contributed by atoms with Crippen molar-refractivity contribution in [1.29, 1.82) is 0 Å². The topological polar surface area (TPSA) is 126 Å². The van der Waals surface area contributed by atoms with Crippen LogP contribution < -0.4 is 5.56 Å². The summed E-state index contributed by atoms with van der Waals surface area (Å²) in [5.74, 6) is -1.61. The van der Waals surface area contributed by atoms with Crippen molar-refractivity contribution in [3.63, 3.8) is 0 Å². The Kier molecular flexibility index (Phi) is 4.34. The minimum absolute atomic E-state index is 0.187. The van der Waals surface area contributed by atoms with Gasteiger partial charge in [0.05, 0.1) is 4.21 Å². The first-order valence-electron chi connectivity index (χ1n) is 3.62. The van der Waals surface area contributed by atoms with Gasteiger partial charge in [-0.05, 0) is 0 Å². The van der Waals surface area contributed by atoms with Crippen molar-refractivity contribution in [2.24, 2.45) is 0 Å². The molecular weight excluding hydrogens is 262 g/mol. The summed E-state index contributed by atoms with van der Waals surface area (Å²) in [6.07, 6.45) is -1.61. The second-order valence-corrected chi connectivity index (χ2v) is 4.24. The Balaban J connectivity index is 2.57. The number of aromatic amines is 1. The summed E-state index contributed by atoms with van der Waals surface area (Å²) in [6.45, 7) is 0. The average Bonchev–Trinajstić information content (AvgIpc) is 2.54. The van der Waals surface area contributed by atoms with Gasteiger partial charge in [-0.1, -0.05) is 23.3 Å². The molecule has 0 bridgehead atoms. The average molecular weight is 267 g/mol. The fourth-order valence-corrected chi connectivity index (χ4v) is 2.33. The molecule has 0 spiro atoms. The molecule has 0 saturated heterocycles. The highest BCUT2D eigenvalue weighted by molar-refractivity contribution is 8.01. The maximum absolute atomic E-state index is 11.0. The Morgan fingerprint density at radius 3 is 2.69 bits per heavy atom. The number of H-pyrrole nitrogens is 1. The molecule has 0 fully saturated rings. The van der Waals surface area contributed by atoms with Crippen molar-refractivity contribution in [2.75, 3.05) is 5.94 Å². The summed E-state index contributed by atoms with van der Waals surface area (Å²) in [5.41, 5.74) is -1.10. The third-order valence-electron chi connectivity index (χ3n) is 1.25. The summed E-state index contributed by atoms with van der Waals surface area (Å²) in [7, 11) is 0. The van der Waals surface area contributed by atoms with Crippen molar-refractivity contribution >= 4 is 35.4 Å². The summed E-state index contributed by atoms with van der Waals surface area (Å²) in [5, 5.41) is 16.7. The molecule has 0 unspecified atom stereocenters. The number of carbonyl (C=O) groups is 2. The number of thioether (sulfide) groups is 1. The van der Waals surface area contributed by atoms with Gasteiger partial charge in [0.15, 0.2) is 5.56 Å². The lowest BCUT2D eigenvalue weighted by molar-refractivity contribution is -0.233. The largest absolute Gasteiger partial charge is 0.537 e. The van der Waals surface area contributed by atoms with E-state index in [9.17, 15) is 14.4 Å². The molecule has 0 radical (unpaired) electrons. The maximum atomic E-state index is 11.0. The Morgan fingerprint density at radius 1 is 1.44 bits per heavy atom. The number of aromatic carboxylic acids is 1. The Hall–Kier alpha value is -1.52. The van der Waals surface area contributed by atoms with Crippen LogP contribution in [0.2, 0.25) is 0 Å². The van der Waals surface area contributed by atoms with Crippen LogP contribution in [0.1, 0.15) is 10.4 Å². The molecule has 0 aliphatic rings. The normalized spacial score (nSPS) is 10.0. The van der Waals surface area contributed by atoms with Crippen LogP contribution in [-0.2, 0) is 9.78 Å². The minimum Gasteiger partial charge on any atom is -0.477 e. The second-order valence-electron chi connectivity index (χ2n) is 2.23. The monoisotopic (exact) mass is 267 g/mol. The van der Waals surface area contributed by atoms with Crippen LogP contribution in [0.25, 0.3) is 0 Å². The first-order valence-corrected chi connectivity index (χ1v) is 5.42. The van der Waals surface area contributed by atoms with Gasteiger partial charge in [0.1, 0.15) is 5.94 Å². The fourth-order valence-electron chi connectivity index (χ4n) is 0.726. The molecule has 0 aliphatic heterocycles. The predicted molar refractivity (Wildman–Crippen MR) is 52.8 cm³/mol. The molecule has 1 aromatic heterocycles. The lowest BCUT2D eigenvalue weighted by Crippen LogP contribution is -2.12.